The van der Waals surface area contributed by atoms with E-state index in [9.17, 15) is 13.2 Å². The van der Waals surface area contributed by atoms with E-state index in [0.717, 1.165) is 42.5 Å². The number of hydrogen-bond donors (Lipinski definition) is 0. The Morgan fingerprint density at radius 1 is 1.23 bits per heavy atom. The van der Waals surface area contributed by atoms with E-state index in [2.05, 4.69) is 25.1 Å². The standard InChI is InChI=1S/C16H18F3N7/c1-10-11(2)22-15-20-9-21-26(15)14(10)24-6-3-4-12(8-24)25-7-5-13(23-25)16(17,18)19/h5,7,9,12H,3-4,6,8H2,1-2H3. The predicted molar refractivity (Wildman–Crippen MR) is 88.0 cm³/mol. The normalized spacial score (nSPS) is 18.7. The number of alkyl halides is 3. The SMILES string of the molecule is Cc1nc2ncnn2c(N2CCCC(n3ccc(C(F)(F)F)n3)C2)c1C. The average Bonchev–Trinajstić information content (AvgIpc) is 3.24. The first kappa shape index (κ1) is 16.8. The van der Waals surface area contributed by atoms with Gasteiger partial charge in [0.1, 0.15) is 12.1 Å². The molecule has 3 aromatic heterocycles. The van der Waals surface area contributed by atoms with Crippen LogP contribution >= 0.6 is 0 Å². The maximum Gasteiger partial charge on any atom is 0.435 e. The summed E-state index contributed by atoms with van der Waals surface area (Å²) in [6.45, 7) is 5.23. The summed E-state index contributed by atoms with van der Waals surface area (Å²) in [4.78, 5) is 10.7. The van der Waals surface area contributed by atoms with Crippen molar-refractivity contribution >= 4 is 11.6 Å². The minimum atomic E-state index is -4.43. The lowest BCUT2D eigenvalue weighted by Crippen LogP contribution is -2.38. The molecular weight excluding hydrogens is 347 g/mol. The highest BCUT2D eigenvalue weighted by Gasteiger charge is 2.35. The highest BCUT2D eigenvalue weighted by Crippen LogP contribution is 2.31. The summed E-state index contributed by atoms with van der Waals surface area (Å²) in [5.74, 6) is 1.40. The molecule has 0 saturated carbocycles. The van der Waals surface area contributed by atoms with Gasteiger partial charge < -0.3 is 4.90 Å². The largest absolute Gasteiger partial charge is 0.435 e. The van der Waals surface area contributed by atoms with Crippen molar-refractivity contribution in [2.45, 2.75) is 38.9 Å². The van der Waals surface area contributed by atoms with Gasteiger partial charge in [0.2, 0.25) is 0 Å². The van der Waals surface area contributed by atoms with Crippen molar-refractivity contribution in [1.82, 2.24) is 29.4 Å². The number of anilines is 1. The summed E-state index contributed by atoms with van der Waals surface area (Å²) in [5, 5.41) is 8.00. The molecule has 1 aliphatic rings. The van der Waals surface area contributed by atoms with Crippen LogP contribution < -0.4 is 4.90 Å². The maximum absolute atomic E-state index is 12.8. The summed E-state index contributed by atoms with van der Waals surface area (Å²) in [5.41, 5.74) is 0.991. The first-order valence-electron chi connectivity index (χ1n) is 8.39. The molecule has 0 amide bonds. The van der Waals surface area contributed by atoms with Crippen LogP contribution in [-0.4, -0.2) is 42.5 Å². The van der Waals surface area contributed by atoms with Crippen LogP contribution in [0.2, 0.25) is 0 Å². The van der Waals surface area contributed by atoms with Crippen molar-refractivity contribution in [3.63, 3.8) is 0 Å². The van der Waals surface area contributed by atoms with Crippen molar-refractivity contribution in [1.29, 1.82) is 0 Å². The molecule has 0 spiro atoms. The number of hydrogen-bond acceptors (Lipinski definition) is 5. The third-order valence-corrected chi connectivity index (χ3v) is 4.85. The number of aromatic nitrogens is 6. The van der Waals surface area contributed by atoms with Gasteiger partial charge in [-0.1, -0.05) is 0 Å². The Hall–Kier alpha value is -2.65. The molecule has 1 fully saturated rings. The second-order valence-electron chi connectivity index (χ2n) is 6.54. The fourth-order valence-electron chi connectivity index (χ4n) is 3.44. The summed E-state index contributed by atoms with van der Waals surface area (Å²) < 4.78 is 41.6. The zero-order valence-corrected chi connectivity index (χ0v) is 14.4. The van der Waals surface area contributed by atoms with Gasteiger partial charge in [-0.25, -0.2) is 4.98 Å². The summed E-state index contributed by atoms with van der Waals surface area (Å²) >= 11 is 0. The Morgan fingerprint density at radius 2 is 2.04 bits per heavy atom. The molecule has 1 atom stereocenters. The van der Waals surface area contributed by atoms with E-state index in [1.165, 1.54) is 17.2 Å². The van der Waals surface area contributed by atoms with Gasteiger partial charge in [0, 0.05) is 30.5 Å². The Morgan fingerprint density at radius 3 is 2.77 bits per heavy atom. The van der Waals surface area contributed by atoms with E-state index in [1.54, 1.807) is 4.52 Å². The summed E-state index contributed by atoms with van der Waals surface area (Å²) in [6.07, 6.45) is 0.0647. The fourth-order valence-corrected chi connectivity index (χ4v) is 3.44. The smallest absolute Gasteiger partial charge is 0.354 e. The molecule has 0 N–H and O–H groups in total. The van der Waals surface area contributed by atoms with Gasteiger partial charge in [-0.15, -0.1) is 0 Å². The van der Waals surface area contributed by atoms with E-state index in [1.807, 2.05) is 13.8 Å². The topological polar surface area (TPSA) is 64.1 Å². The van der Waals surface area contributed by atoms with Crippen molar-refractivity contribution in [3.05, 3.63) is 35.5 Å². The van der Waals surface area contributed by atoms with Gasteiger partial charge >= 0.3 is 6.18 Å². The summed E-state index contributed by atoms with van der Waals surface area (Å²) in [6, 6.07) is 0.891. The molecule has 0 bridgehead atoms. The lowest BCUT2D eigenvalue weighted by molar-refractivity contribution is -0.141. The van der Waals surface area contributed by atoms with Crippen molar-refractivity contribution in [2.75, 3.05) is 18.0 Å². The zero-order chi connectivity index (χ0) is 18.5. The van der Waals surface area contributed by atoms with Crippen LogP contribution in [-0.2, 0) is 6.18 Å². The highest BCUT2D eigenvalue weighted by molar-refractivity contribution is 5.54. The van der Waals surface area contributed by atoms with Crippen LogP contribution in [0.4, 0.5) is 19.0 Å². The molecule has 1 aliphatic heterocycles. The van der Waals surface area contributed by atoms with E-state index in [-0.39, 0.29) is 6.04 Å². The number of piperidine rings is 1. The van der Waals surface area contributed by atoms with E-state index < -0.39 is 11.9 Å². The van der Waals surface area contributed by atoms with E-state index in [0.29, 0.717) is 12.3 Å². The number of rotatable bonds is 2. The third kappa shape index (κ3) is 2.78. The quantitative estimate of drug-likeness (QED) is 0.699. The van der Waals surface area contributed by atoms with Gasteiger partial charge in [0.15, 0.2) is 5.69 Å². The molecule has 10 heteroatoms. The second kappa shape index (κ2) is 5.96. The van der Waals surface area contributed by atoms with Gasteiger partial charge in [0.05, 0.1) is 6.04 Å². The predicted octanol–water partition coefficient (Wildman–Crippen LogP) is 2.80. The molecular formula is C16H18F3N7. The third-order valence-electron chi connectivity index (χ3n) is 4.85. The highest BCUT2D eigenvalue weighted by atomic mass is 19.4. The van der Waals surface area contributed by atoms with Gasteiger partial charge in [-0.05, 0) is 32.8 Å². The summed E-state index contributed by atoms with van der Waals surface area (Å²) in [7, 11) is 0. The minimum absolute atomic E-state index is 0.133. The number of fused-ring (bicyclic) bond motifs is 1. The number of nitrogens with zero attached hydrogens (tertiary/aromatic N) is 7. The second-order valence-corrected chi connectivity index (χ2v) is 6.54. The molecule has 138 valence electrons. The van der Waals surface area contributed by atoms with Crippen molar-refractivity contribution in [3.8, 4) is 0 Å². The fraction of sp³-hybridized carbons (Fsp3) is 0.500. The van der Waals surface area contributed by atoms with Crippen LogP contribution in [0.5, 0.6) is 0 Å². The van der Waals surface area contributed by atoms with Gasteiger partial charge in [-0.2, -0.15) is 32.9 Å². The van der Waals surface area contributed by atoms with Crippen LogP contribution in [0.1, 0.15) is 35.8 Å². The van der Waals surface area contributed by atoms with Crippen LogP contribution in [0.3, 0.4) is 0 Å². The molecule has 4 heterocycles. The average molecular weight is 365 g/mol. The minimum Gasteiger partial charge on any atom is -0.354 e. The molecule has 1 saturated heterocycles. The van der Waals surface area contributed by atoms with Gasteiger partial charge in [-0.3, -0.25) is 4.68 Å². The Kier molecular flexibility index (Phi) is 3.85. The Balaban J connectivity index is 1.67. The van der Waals surface area contributed by atoms with Crippen molar-refractivity contribution in [2.24, 2.45) is 0 Å². The van der Waals surface area contributed by atoms with Gasteiger partial charge in [0.25, 0.3) is 5.78 Å². The Bertz CT molecular complexity index is 943. The van der Waals surface area contributed by atoms with Crippen molar-refractivity contribution < 1.29 is 13.2 Å². The molecule has 1 unspecified atom stereocenters. The lowest BCUT2D eigenvalue weighted by Gasteiger charge is -2.35. The molecule has 4 rings (SSSR count). The number of halogens is 3. The molecule has 0 aromatic carbocycles. The van der Waals surface area contributed by atoms with E-state index in [4.69, 9.17) is 0 Å². The Labute approximate surface area is 147 Å². The molecule has 26 heavy (non-hydrogen) atoms. The van der Waals surface area contributed by atoms with Crippen LogP contribution in [0.15, 0.2) is 18.6 Å². The monoisotopic (exact) mass is 365 g/mol. The molecule has 3 aromatic rings. The first-order valence-corrected chi connectivity index (χ1v) is 8.39. The zero-order valence-electron chi connectivity index (χ0n) is 14.4. The lowest BCUT2D eigenvalue weighted by atomic mass is 10.1. The van der Waals surface area contributed by atoms with E-state index >= 15 is 0 Å². The molecule has 7 nitrogen and oxygen atoms in total. The first-order chi connectivity index (χ1) is 12.3. The van der Waals surface area contributed by atoms with Crippen LogP contribution in [0, 0.1) is 13.8 Å². The maximum atomic E-state index is 12.8. The number of aryl methyl sites for hydroxylation is 1. The molecule has 0 aliphatic carbocycles. The van der Waals surface area contributed by atoms with Crippen LogP contribution in [0.25, 0.3) is 5.78 Å². The molecule has 0 radical (unpaired) electrons.